The molecule has 2 fully saturated rings. The Morgan fingerprint density at radius 3 is 2.60 bits per heavy atom. The van der Waals surface area contributed by atoms with Gasteiger partial charge < -0.3 is 15.0 Å². The lowest BCUT2D eigenvalue weighted by molar-refractivity contribution is -0.140. The predicted octanol–water partition coefficient (Wildman–Crippen LogP) is 6.50. The molecule has 0 aromatic heterocycles. The van der Waals surface area contributed by atoms with E-state index in [1.165, 1.54) is 0 Å². The van der Waals surface area contributed by atoms with E-state index in [1.54, 1.807) is 23.7 Å². The van der Waals surface area contributed by atoms with Gasteiger partial charge in [0, 0.05) is 35.9 Å². The van der Waals surface area contributed by atoms with Crippen molar-refractivity contribution in [3.8, 4) is 0 Å². The zero-order valence-electron chi connectivity index (χ0n) is 26.2. The van der Waals surface area contributed by atoms with Crippen LogP contribution in [-0.2, 0) is 14.3 Å². The number of hydrogen-bond acceptors (Lipinski definition) is 6. The molecule has 1 heterocycles. The van der Waals surface area contributed by atoms with Crippen molar-refractivity contribution < 1.29 is 19.1 Å². The lowest BCUT2D eigenvalue weighted by Gasteiger charge is -2.26. The van der Waals surface area contributed by atoms with E-state index in [0.717, 1.165) is 61.2 Å². The number of hydrogen-bond donors (Lipinski definition) is 2. The molecule has 4 rings (SSSR count). The average molecular weight is 609 g/mol. The molecular weight excluding hydrogens is 560 g/mol. The summed E-state index contributed by atoms with van der Waals surface area (Å²) in [6, 6.07) is 5.92. The lowest BCUT2D eigenvalue weighted by Crippen LogP contribution is -2.45. The summed E-state index contributed by atoms with van der Waals surface area (Å²) in [6.07, 6.45) is 8.66. The molecule has 1 aromatic rings. The number of aliphatic imine (C=N–C) groups is 1. The number of amides is 3. The summed E-state index contributed by atoms with van der Waals surface area (Å²) in [6.45, 7) is 15.2. The van der Waals surface area contributed by atoms with Gasteiger partial charge in [0.1, 0.15) is 11.1 Å². The van der Waals surface area contributed by atoms with E-state index in [4.69, 9.17) is 9.73 Å². The van der Waals surface area contributed by atoms with E-state index in [-0.39, 0.29) is 23.3 Å². The molecule has 2 saturated carbocycles. The second kappa shape index (κ2) is 14.6. The molecule has 43 heavy (non-hydrogen) atoms. The van der Waals surface area contributed by atoms with Gasteiger partial charge in [-0.3, -0.25) is 19.9 Å². The number of carbonyl (C=O) groups is 3. The Hall–Kier alpha value is -3.07. The molecule has 2 aliphatic carbocycles. The van der Waals surface area contributed by atoms with Gasteiger partial charge in [-0.25, -0.2) is 4.79 Å². The highest BCUT2D eigenvalue weighted by Gasteiger charge is 2.54. The maximum atomic E-state index is 13.7. The van der Waals surface area contributed by atoms with Crippen LogP contribution >= 0.6 is 11.8 Å². The Morgan fingerprint density at radius 2 is 1.95 bits per heavy atom. The van der Waals surface area contributed by atoms with Gasteiger partial charge in [-0.15, -0.1) is 24.9 Å². The van der Waals surface area contributed by atoms with Crippen LogP contribution in [0.1, 0.15) is 76.3 Å². The fraction of sp³-hybridized carbons (Fsp3) is 0.588. The highest BCUT2D eigenvalue weighted by atomic mass is 32.2. The molecule has 0 bridgehead atoms. The van der Waals surface area contributed by atoms with Gasteiger partial charge in [0.2, 0.25) is 11.8 Å². The third kappa shape index (κ3) is 7.91. The topological polar surface area (TPSA) is 100 Å². The Kier molecular flexibility index (Phi) is 11.2. The minimum Gasteiger partial charge on any atom is -0.446 e. The lowest BCUT2D eigenvalue weighted by atomic mass is 9.93. The van der Waals surface area contributed by atoms with Gasteiger partial charge in [0.05, 0.1) is 24.1 Å². The fourth-order valence-corrected chi connectivity index (χ4v) is 7.40. The number of nitrogens with zero attached hydrogens (tertiary/aromatic N) is 2. The minimum absolute atomic E-state index is 0.0744. The Labute approximate surface area is 261 Å². The highest BCUT2D eigenvalue weighted by Crippen LogP contribution is 2.48. The fourth-order valence-electron chi connectivity index (χ4n) is 6.32. The van der Waals surface area contributed by atoms with Gasteiger partial charge in [-0.2, -0.15) is 0 Å². The van der Waals surface area contributed by atoms with E-state index in [1.807, 2.05) is 37.3 Å². The maximum Gasteiger partial charge on any atom is 0.411 e. The van der Waals surface area contributed by atoms with Gasteiger partial charge in [-0.1, -0.05) is 32.1 Å². The standard InChI is InChI=1S/C34H48N4O4S/c1-7-11-12-13-16-38(6)32(40)28-19-24(18-27(28)30(39)37-34(10-4)20-23(34)8-2)42-33(41)36-29-17-22(5)14-15-26(29)31-35-21-25(9-3)43-31/h7-8,14-15,17,23-25,27-28H,1-2,9-13,16,18-21H2,3-6H3,(H,36,41)(H,37,39)/t23-,24-,25?,27-,28-,34-/m1/s1. The quantitative estimate of drug-likeness (QED) is 0.186. The molecule has 234 valence electrons. The summed E-state index contributed by atoms with van der Waals surface area (Å²) in [7, 11) is 1.79. The smallest absolute Gasteiger partial charge is 0.411 e. The largest absolute Gasteiger partial charge is 0.446 e. The van der Waals surface area contributed by atoms with Crippen LogP contribution in [0.15, 0.2) is 48.5 Å². The first-order valence-electron chi connectivity index (χ1n) is 15.7. The van der Waals surface area contributed by atoms with Gasteiger partial charge in [-0.05, 0) is 76.0 Å². The number of aryl methyl sites for hydroxylation is 1. The van der Waals surface area contributed by atoms with Crippen LogP contribution in [0.3, 0.4) is 0 Å². The summed E-state index contributed by atoms with van der Waals surface area (Å²) in [5.41, 5.74) is 2.25. The highest BCUT2D eigenvalue weighted by molar-refractivity contribution is 8.15. The summed E-state index contributed by atoms with van der Waals surface area (Å²) in [5, 5.41) is 7.55. The zero-order valence-corrected chi connectivity index (χ0v) is 27.0. The van der Waals surface area contributed by atoms with Crippen LogP contribution in [0, 0.1) is 24.7 Å². The van der Waals surface area contributed by atoms with Crippen LogP contribution in [0.25, 0.3) is 0 Å². The molecule has 9 heteroatoms. The number of carbonyl (C=O) groups excluding carboxylic acids is 3. The van der Waals surface area contributed by atoms with E-state index in [9.17, 15) is 14.4 Å². The van der Waals surface area contributed by atoms with Crippen molar-refractivity contribution >= 4 is 40.4 Å². The number of unbranched alkanes of at least 4 members (excludes halogenated alkanes) is 2. The second-order valence-corrected chi connectivity index (χ2v) is 13.6. The molecule has 8 nitrogen and oxygen atoms in total. The molecule has 2 N–H and O–H groups in total. The molecule has 3 amide bonds. The monoisotopic (exact) mass is 608 g/mol. The second-order valence-electron chi connectivity index (χ2n) is 12.3. The van der Waals surface area contributed by atoms with Gasteiger partial charge >= 0.3 is 6.09 Å². The predicted molar refractivity (Wildman–Crippen MR) is 176 cm³/mol. The minimum atomic E-state index is -0.587. The number of anilines is 1. The molecule has 0 saturated heterocycles. The SMILES string of the molecule is C=CCCCCN(C)C(=O)[C@@H]1C[C@H](OC(=O)Nc2cc(C)ccc2C2=NCC(CC)S2)C[C@H]1C(=O)N[C@]1(CC)C[C@H]1C=C. The average Bonchev–Trinajstić information content (AvgIpc) is 3.28. The molecule has 1 aliphatic heterocycles. The number of thioether (sulfide) groups is 1. The Balaban J connectivity index is 1.45. The van der Waals surface area contributed by atoms with Crippen LogP contribution in [0.4, 0.5) is 10.5 Å². The number of rotatable bonds is 14. The van der Waals surface area contributed by atoms with E-state index < -0.39 is 24.0 Å². The summed E-state index contributed by atoms with van der Waals surface area (Å²) in [5.74, 6) is -1.10. The molecule has 0 spiro atoms. The number of ether oxygens (including phenoxy) is 1. The van der Waals surface area contributed by atoms with Crippen LogP contribution < -0.4 is 10.6 Å². The first-order valence-corrected chi connectivity index (χ1v) is 16.6. The maximum absolute atomic E-state index is 13.7. The van der Waals surface area contributed by atoms with Crippen molar-refractivity contribution in [2.75, 3.05) is 25.5 Å². The summed E-state index contributed by atoms with van der Waals surface area (Å²) < 4.78 is 5.91. The van der Waals surface area contributed by atoms with E-state index in [2.05, 4.69) is 37.6 Å². The van der Waals surface area contributed by atoms with Crippen molar-refractivity contribution in [1.82, 2.24) is 10.2 Å². The van der Waals surface area contributed by atoms with Crippen molar-refractivity contribution in [2.45, 2.75) is 89.0 Å². The third-order valence-corrected chi connectivity index (χ3v) is 10.6. The van der Waals surface area contributed by atoms with E-state index >= 15 is 0 Å². The molecule has 0 radical (unpaired) electrons. The van der Waals surface area contributed by atoms with Crippen LogP contribution in [-0.4, -0.2) is 64.9 Å². The van der Waals surface area contributed by atoms with Crippen molar-refractivity contribution in [2.24, 2.45) is 22.7 Å². The molecule has 1 aromatic carbocycles. The first kappa shape index (κ1) is 32.8. The molecule has 1 unspecified atom stereocenters. The molecule has 6 atom stereocenters. The number of nitrogens with one attached hydrogen (secondary N) is 2. The van der Waals surface area contributed by atoms with Crippen molar-refractivity contribution in [1.29, 1.82) is 0 Å². The first-order chi connectivity index (χ1) is 20.6. The van der Waals surface area contributed by atoms with Crippen LogP contribution in [0.2, 0.25) is 0 Å². The van der Waals surface area contributed by atoms with Crippen molar-refractivity contribution in [3.63, 3.8) is 0 Å². The third-order valence-electron chi connectivity index (χ3n) is 9.21. The van der Waals surface area contributed by atoms with Crippen LogP contribution in [0.5, 0.6) is 0 Å². The number of allylic oxidation sites excluding steroid dienone is 1. The molecule has 3 aliphatic rings. The zero-order chi connectivity index (χ0) is 31.1. The normalized spacial score (nSPS) is 27.6. The van der Waals surface area contributed by atoms with Gasteiger partial charge in [0.25, 0.3) is 0 Å². The van der Waals surface area contributed by atoms with E-state index in [0.29, 0.717) is 30.3 Å². The Morgan fingerprint density at radius 1 is 1.19 bits per heavy atom. The molecular formula is C34H48N4O4S. The van der Waals surface area contributed by atoms with Crippen molar-refractivity contribution in [3.05, 3.63) is 54.6 Å². The van der Waals surface area contributed by atoms with Gasteiger partial charge in [0.15, 0.2) is 0 Å². The summed E-state index contributed by atoms with van der Waals surface area (Å²) in [4.78, 5) is 47.0. The Bertz CT molecular complexity index is 1250. The number of benzene rings is 1. The summed E-state index contributed by atoms with van der Waals surface area (Å²) >= 11 is 1.73.